The summed E-state index contributed by atoms with van der Waals surface area (Å²) in [4.78, 5) is 16.1. The minimum absolute atomic E-state index is 0.0633. The molecule has 2 rings (SSSR count). The van der Waals surface area contributed by atoms with Gasteiger partial charge in [-0.05, 0) is 29.2 Å². The zero-order chi connectivity index (χ0) is 13.8. The van der Waals surface area contributed by atoms with Crippen LogP contribution in [-0.2, 0) is 6.42 Å². The molecule has 2 N–H and O–H groups in total. The molecular formula is C16H18N2O. The fourth-order valence-corrected chi connectivity index (χ4v) is 1.92. The number of benzene rings is 1. The highest BCUT2D eigenvalue weighted by Gasteiger charge is 2.08. The van der Waals surface area contributed by atoms with Crippen LogP contribution in [0, 0.1) is 0 Å². The minimum atomic E-state index is 0.0633. The third-order valence-electron chi connectivity index (χ3n) is 3.09. The maximum atomic E-state index is 12.1. The summed E-state index contributed by atoms with van der Waals surface area (Å²) in [5.74, 6) is 0.958. The number of anilines is 1. The van der Waals surface area contributed by atoms with Gasteiger partial charge in [0.05, 0.1) is 0 Å². The molecule has 0 aliphatic rings. The van der Waals surface area contributed by atoms with Gasteiger partial charge in [-0.25, -0.2) is 4.98 Å². The molecule has 0 atom stereocenters. The molecule has 1 aromatic heterocycles. The van der Waals surface area contributed by atoms with E-state index in [1.165, 1.54) is 11.8 Å². The van der Waals surface area contributed by atoms with Crippen LogP contribution in [0.4, 0.5) is 5.82 Å². The average Bonchev–Trinajstić information content (AvgIpc) is 2.39. The van der Waals surface area contributed by atoms with Crippen molar-refractivity contribution in [3.8, 4) is 0 Å². The summed E-state index contributed by atoms with van der Waals surface area (Å²) in [6.07, 6.45) is 1.93. The van der Waals surface area contributed by atoms with E-state index in [2.05, 4.69) is 31.0 Å². The molecule has 3 heteroatoms. The molecule has 0 amide bonds. The van der Waals surface area contributed by atoms with E-state index >= 15 is 0 Å². The van der Waals surface area contributed by atoms with E-state index in [1.54, 1.807) is 12.1 Å². The maximum Gasteiger partial charge on any atom is 0.168 e. The van der Waals surface area contributed by atoms with E-state index in [0.717, 1.165) is 5.56 Å². The summed E-state index contributed by atoms with van der Waals surface area (Å²) in [6, 6.07) is 11.5. The second kappa shape index (κ2) is 5.65. The molecule has 0 spiro atoms. The molecule has 0 bridgehead atoms. The summed E-state index contributed by atoms with van der Waals surface area (Å²) >= 11 is 0. The van der Waals surface area contributed by atoms with Crippen molar-refractivity contribution in [2.45, 2.75) is 26.2 Å². The lowest BCUT2D eigenvalue weighted by molar-refractivity contribution is 0.0992. The van der Waals surface area contributed by atoms with Crippen LogP contribution in [0.3, 0.4) is 0 Å². The molecule has 0 fully saturated rings. The van der Waals surface area contributed by atoms with Crippen molar-refractivity contribution in [2.24, 2.45) is 0 Å². The van der Waals surface area contributed by atoms with Gasteiger partial charge in [0, 0.05) is 18.2 Å². The fraction of sp³-hybridized carbons (Fsp3) is 0.250. The molecule has 2 aromatic rings. The number of nitrogen functional groups attached to an aromatic ring is 1. The second-order valence-corrected chi connectivity index (χ2v) is 4.97. The number of Topliss-reactive ketones (excluding diaryl/α,β-unsaturated/α-hetero) is 1. The first-order chi connectivity index (χ1) is 9.06. The average molecular weight is 254 g/mol. The van der Waals surface area contributed by atoms with Crippen molar-refractivity contribution in [2.75, 3.05) is 5.73 Å². The van der Waals surface area contributed by atoms with E-state index in [1.807, 2.05) is 12.1 Å². The number of hydrogen-bond donors (Lipinski definition) is 1. The minimum Gasteiger partial charge on any atom is -0.384 e. The molecule has 3 nitrogen and oxygen atoms in total. The number of pyridine rings is 1. The van der Waals surface area contributed by atoms with Crippen LogP contribution in [-0.4, -0.2) is 10.8 Å². The number of nitrogens with two attached hydrogens (primary N) is 1. The highest BCUT2D eigenvalue weighted by molar-refractivity contribution is 5.97. The molecule has 0 aliphatic heterocycles. The Labute approximate surface area is 113 Å². The molecule has 0 saturated heterocycles. The zero-order valence-electron chi connectivity index (χ0n) is 11.3. The van der Waals surface area contributed by atoms with Crippen molar-refractivity contribution in [3.05, 3.63) is 59.3 Å². The standard InChI is InChI=1S/C16H18N2O/c1-11(2)13-5-3-4-12(8-13)9-15(19)14-6-7-16(17)18-10-14/h3-8,10-11H,9H2,1-2H3,(H2,17,18). The smallest absolute Gasteiger partial charge is 0.168 e. The Morgan fingerprint density at radius 3 is 2.68 bits per heavy atom. The summed E-state index contributed by atoms with van der Waals surface area (Å²) in [5.41, 5.74) is 8.40. The Balaban J connectivity index is 2.14. The van der Waals surface area contributed by atoms with E-state index in [-0.39, 0.29) is 5.78 Å². The predicted octanol–water partition coefficient (Wildman–Crippen LogP) is 3.21. The third kappa shape index (κ3) is 3.41. The van der Waals surface area contributed by atoms with Crippen LogP contribution in [0.2, 0.25) is 0 Å². The van der Waals surface area contributed by atoms with Crippen LogP contribution >= 0.6 is 0 Å². The summed E-state index contributed by atoms with van der Waals surface area (Å²) in [6.45, 7) is 4.29. The van der Waals surface area contributed by atoms with Crippen molar-refractivity contribution in [3.63, 3.8) is 0 Å². The Hall–Kier alpha value is -2.16. The summed E-state index contributed by atoms with van der Waals surface area (Å²) in [5, 5.41) is 0. The monoisotopic (exact) mass is 254 g/mol. The number of nitrogens with zero attached hydrogens (tertiary/aromatic N) is 1. The van der Waals surface area contributed by atoms with Gasteiger partial charge in [-0.3, -0.25) is 4.79 Å². The topological polar surface area (TPSA) is 56.0 Å². The molecule has 19 heavy (non-hydrogen) atoms. The van der Waals surface area contributed by atoms with Crippen LogP contribution in [0.15, 0.2) is 42.6 Å². The van der Waals surface area contributed by atoms with Crippen LogP contribution < -0.4 is 5.73 Å². The molecule has 0 saturated carbocycles. The molecule has 1 aromatic carbocycles. The maximum absolute atomic E-state index is 12.1. The molecule has 0 radical (unpaired) electrons. The second-order valence-electron chi connectivity index (χ2n) is 4.97. The van der Waals surface area contributed by atoms with E-state index in [4.69, 9.17) is 5.73 Å². The number of ketones is 1. The normalized spacial score (nSPS) is 10.7. The quantitative estimate of drug-likeness (QED) is 0.852. The van der Waals surface area contributed by atoms with Crippen LogP contribution in [0.1, 0.15) is 41.3 Å². The summed E-state index contributed by atoms with van der Waals surface area (Å²) in [7, 11) is 0. The molecule has 0 unspecified atom stereocenters. The number of hydrogen-bond acceptors (Lipinski definition) is 3. The number of carbonyl (C=O) groups excluding carboxylic acids is 1. The lowest BCUT2D eigenvalue weighted by atomic mass is 9.97. The van der Waals surface area contributed by atoms with Gasteiger partial charge in [0.25, 0.3) is 0 Å². The third-order valence-corrected chi connectivity index (χ3v) is 3.09. The van der Waals surface area contributed by atoms with Gasteiger partial charge in [-0.1, -0.05) is 38.1 Å². The van der Waals surface area contributed by atoms with Crippen molar-refractivity contribution in [1.29, 1.82) is 0 Å². The molecule has 0 aliphatic carbocycles. The highest BCUT2D eigenvalue weighted by atomic mass is 16.1. The van der Waals surface area contributed by atoms with Gasteiger partial charge in [0.1, 0.15) is 5.82 Å². The van der Waals surface area contributed by atoms with Crippen molar-refractivity contribution in [1.82, 2.24) is 4.98 Å². The first-order valence-corrected chi connectivity index (χ1v) is 6.40. The summed E-state index contributed by atoms with van der Waals surface area (Å²) < 4.78 is 0. The predicted molar refractivity (Wildman–Crippen MR) is 77.2 cm³/mol. The van der Waals surface area contributed by atoms with Crippen LogP contribution in [0.5, 0.6) is 0 Å². The lowest BCUT2D eigenvalue weighted by Gasteiger charge is -2.07. The molecule has 98 valence electrons. The molecule has 1 heterocycles. The fourth-order valence-electron chi connectivity index (χ4n) is 1.92. The Morgan fingerprint density at radius 2 is 2.05 bits per heavy atom. The van der Waals surface area contributed by atoms with Gasteiger partial charge < -0.3 is 5.73 Å². The zero-order valence-corrected chi connectivity index (χ0v) is 11.3. The number of aromatic nitrogens is 1. The van der Waals surface area contributed by atoms with E-state index < -0.39 is 0 Å². The van der Waals surface area contributed by atoms with Gasteiger partial charge in [0.15, 0.2) is 5.78 Å². The first-order valence-electron chi connectivity index (χ1n) is 6.40. The van der Waals surface area contributed by atoms with E-state index in [0.29, 0.717) is 23.7 Å². The molecular weight excluding hydrogens is 236 g/mol. The number of rotatable bonds is 4. The first kappa shape index (κ1) is 13.3. The van der Waals surface area contributed by atoms with Gasteiger partial charge in [0.2, 0.25) is 0 Å². The van der Waals surface area contributed by atoms with Gasteiger partial charge in [-0.15, -0.1) is 0 Å². The number of carbonyl (C=O) groups is 1. The van der Waals surface area contributed by atoms with Gasteiger partial charge >= 0.3 is 0 Å². The SMILES string of the molecule is CC(C)c1cccc(CC(=O)c2ccc(N)nc2)c1. The highest BCUT2D eigenvalue weighted by Crippen LogP contribution is 2.17. The largest absolute Gasteiger partial charge is 0.384 e. The van der Waals surface area contributed by atoms with E-state index in [9.17, 15) is 4.79 Å². The lowest BCUT2D eigenvalue weighted by Crippen LogP contribution is -2.05. The Morgan fingerprint density at radius 1 is 1.26 bits per heavy atom. The van der Waals surface area contributed by atoms with Crippen molar-refractivity contribution >= 4 is 11.6 Å². The Kier molecular flexibility index (Phi) is 3.95. The Bertz CT molecular complexity index is 574. The van der Waals surface area contributed by atoms with Crippen molar-refractivity contribution < 1.29 is 4.79 Å². The van der Waals surface area contributed by atoms with Crippen LogP contribution in [0.25, 0.3) is 0 Å². The van der Waals surface area contributed by atoms with Gasteiger partial charge in [-0.2, -0.15) is 0 Å².